The van der Waals surface area contributed by atoms with Crippen molar-refractivity contribution in [2.45, 2.75) is 25.7 Å². The summed E-state index contributed by atoms with van der Waals surface area (Å²) in [6.07, 6.45) is 9.80. The molecule has 0 spiro atoms. The number of fused-ring (bicyclic) bond motifs is 1. The molecule has 0 saturated carbocycles. The summed E-state index contributed by atoms with van der Waals surface area (Å²) < 4.78 is 0. The van der Waals surface area contributed by atoms with Crippen LogP contribution in [-0.2, 0) is 0 Å². The Labute approximate surface area is 147 Å². The molecule has 3 aromatic rings. The number of pyridine rings is 1. The van der Waals surface area contributed by atoms with E-state index in [-0.39, 0.29) is 0 Å². The zero-order valence-electron chi connectivity index (χ0n) is 14.6. The number of piperidine rings is 1. The summed E-state index contributed by atoms with van der Waals surface area (Å²) in [6, 6.07) is 2.43. The van der Waals surface area contributed by atoms with E-state index >= 15 is 0 Å². The third kappa shape index (κ3) is 2.92. The van der Waals surface area contributed by atoms with Crippen LogP contribution < -0.4 is 4.90 Å². The van der Waals surface area contributed by atoms with Crippen LogP contribution in [0.1, 0.15) is 12.8 Å². The molecule has 0 bridgehead atoms. The molecule has 3 N–H and O–H groups in total. The van der Waals surface area contributed by atoms with E-state index in [4.69, 9.17) is 0 Å². The first-order valence-electron chi connectivity index (χ1n) is 8.75. The fourth-order valence-corrected chi connectivity index (χ4v) is 3.74. The van der Waals surface area contributed by atoms with E-state index in [1.807, 2.05) is 38.7 Å². The van der Waals surface area contributed by atoms with Crippen molar-refractivity contribution in [3.63, 3.8) is 0 Å². The van der Waals surface area contributed by atoms with E-state index in [0.29, 0.717) is 6.04 Å². The first-order valence-corrected chi connectivity index (χ1v) is 8.75. The van der Waals surface area contributed by atoms with Gasteiger partial charge >= 0.3 is 7.05 Å². The second-order valence-electron chi connectivity index (χ2n) is 6.78. The minimum Gasteiger partial charge on any atom is -0.437 e. The minimum atomic E-state index is -0.434. The second kappa shape index (κ2) is 6.53. The van der Waals surface area contributed by atoms with Crippen molar-refractivity contribution in [2.24, 2.45) is 0 Å². The van der Waals surface area contributed by atoms with Gasteiger partial charge in [-0.05, 0) is 32.8 Å². The predicted molar refractivity (Wildman–Crippen MR) is 101 cm³/mol. The quantitative estimate of drug-likeness (QED) is 0.634. The summed E-state index contributed by atoms with van der Waals surface area (Å²) in [6.45, 7) is 3.74. The highest BCUT2D eigenvalue weighted by Crippen LogP contribution is 2.35. The van der Waals surface area contributed by atoms with Crippen LogP contribution in [-0.4, -0.2) is 63.2 Å². The molecule has 0 aromatic carbocycles. The molecular weight excluding hydrogens is 315 g/mol. The number of likely N-dealkylation sites (N-methyl/N-ethyl adjacent to an activating group) is 1. The molecule has 1 aliphatic rings. The monoisotopic (exact) mass is 338 g/mol. The zero-order chi connectivity index (χ0) is 17.4. The van der Waals surface area contributed by atoms with Crippen LogP contribution >= 0.6 is 0 Å². The van der Waals surface area contributed by atoms with Gasteiger partial charge in [-0.25, -0.2) is 4.98 Å². The molecule has 0 radical (unpaired) electrons. The number of nitrogens with zero attached hydrogens (tertiary/aromatic N) is 4. The Morgan fingerprint density at radius 1 is 1.40 bits per heavy atom. The molecule has 0 aliphatic carbocycles. The Morgan fingerprint density at radius 2 is 2.28 bits per heavy atom. The number of anilines is 1. The van der Waals surface area contributed by atoms with E-state index in [1.54, 1.807) is 0 Å². The van der Waals surface area contributed by atoms with Gasteiger partial charge in [-0.1, -0.05) is 0 Å². The fraction of sp³-hybridized carbons (Fsp3) is 0.412. The van der Waals surface area contributed by atoms with Crippen LogP contribution in [0.2, 0.25) is 6.82 Å². The molecule has 0 unspecified atom stereocenters. The molecule has 1 fully saturated rings. The van der Waals surface area contributed by atoms with Gasteiger partial charge in [-0.3, -0.25) is 5.10 Å². The largest absolute Gasteiger partial charge is 0.437 e. The average molecular weight is 338 g/mol. The van der Waals surface area contributed by atoms with Crippen molar-refractivity contribution in [1.82, 2.24) is 25.0 Å². The average Bonchev–Trinajstić information content (AvgIpc) is 3.29. The lowest BCUT2D eigenvalue weighted by Crippen LogP contribution is -2.51. The summed E-state index contributed by atoms with van der Waals surface area (Å²) in [7, 11) is 1.56. The van der Waals surface area contributed by atoms with E-state index < -0.39 is 7.05 Å². The lowest BCUT2D eigenvalue weighted by atomic mass is 9.82. The lowest BCUT2D eigenvalue weighted by molar-refractivity contribution is 0.291. The molecule has 1 aliphatic heterocycles. The Kier molecular flexibility index (Phi) is 4.23. The number of aromatic amines is 2. The van der Waals surface area contributed by atoms with E-state index in [2.05, 4.69) is 35.9 Å². The third-order valence-corrected chi connectivity index (χ3v) is 5.26. The van der Waals surface area contributed by atoms with Crippen molar-refractivity contribution >= 4 is 23.8 Å². The number of aromatic nitrogens is 4. The van der Waals surface area contributed by atoms with Gasteiger partial charge in [0.1, 0.15) is 5.65 Å². The summed E-state index contributed by atoms with van der Waals surface area (Å²) >= 11 is 0. The van der Waals surface area contributed by atoms with Crippen LogP contribution in [0.5, 0.6) is 0 Å². The Hall–Kier alpha value is -2.32. The number of nitrogens with one attached hydrogen (secondary N) is 2. The third-order valence-electron chi connectivity index (χ3n) is 5.26. The molecule has 4 heterocycles. The topological polar surface area (TPSA) is 84.1 Å². The first kappa shape index (κ1) is 16.2. The van der Waals surface area contributed by atoms with Crippen LogP contribution in [0.25, 0.3) is 22.2 Å². The van der Waals surface area contributed by atoms with Crippen LogP contribution in [0, 0.1) is 0 Å². The summed E-state index contributed by atoms with van der Waals surface area (Å²) in [5.41, 5.74) is 4.24. The summed E-state index contributed by atoms with van der Waals surface area (Å²) in [4.78, 5) is 12.2. The molecule has 8 heteroatoms. The van der Waals surface area contributed by atoms with Gasteiger partial charge in [-0.2, -0.15) is 5.10 Å². The minimum absolute atomic E-state index is 0.341. The molecule has 1 atom stereocenters. The van der Waals surface area contributed by atoms with Crippen molar-refractivity contribution < 1.29 is 5.02 Å². The van der Waals surface area contributed by atoms with Gasteiger partial charge < -0.3 is 19.7 Å². The molecular formula is C17H23BN6O. The summed E-state index contributed by atoms with van der Waals surface area (Å²) in [5.74, 6) is 0. The number of hydrogen-bond donors (Lipinski definition) is 3. The SMILES string of the molecule is CB(O)N(C)[C@H]1CCCN(c2ccnc3[nH]cc(-c4cn[nH]c4)c23)C1. The Morgan fingerprint density at radius 3 is 3.04 bits per heavy atom. The maximum atomic E-state index is 9.92. The van der Waals surface area contributed by atoms with Crippen LogP contribution in [0.3, 0.4) is 0 Å². The highest BCUT2D eigenvalue weighted by atomic mass is 16.2. The van der Waals surface area contributed by atoms with E-state index in [1.165, 1.54) is 5.69 Å². The Bertz CT molecular complexity index is 846. The standard InChI is InChI=1S/C17H23BN6O/c1-18(25)23(2)13-4-3-7-24(11-13)15-5-6-19-17-16(15)14(10-20-17)12-8-21-22-9-12/h5-6,8-10,13,25H,3-4,7,11H2,1-2H3,(H,19,20)(H,21,22)/t13-/m0/s1. The summed E-state index contributed by atoms with van der Waals surface area (Å²) in [5, 5.41) is 18.0. The predicted octanol–water partition coefficient (Wildman–Crippen LogP) is 1.96. The Balaban J connectivity index is 1.72. The van der Waals surface area contributed by atoms with Gasteiger partial charge in [0, 0.05) is 54.5 Å². The van der Waals surface area contributed by atoms with Gasteiger partial charge in [-0.15, -0.1) is 0 Å². The fourth-order valence-electron chi connectivity index (χ4n) is 3.74. The molecule has 25 heavy (non-hydrogen) atoms. The van der Waals surface area contributed by atoms with Crippen molar-refractivity contribution in [3.05, 3.63) is 30.9 Å². The number of rotatable bonds is 4. The highest BCUT2D eigenvalue weighted by molar-refractivity contribution is 6.45. The maximum Gasteiger partial charge on any atom is 0.376 e. The van der Waals surface area contributed by atoms with Crippen molar-refractivity contribution in [3.8, 4) is 11.1 Å². The van der Waals surface area contributed by atoms with Crippen molar-refractivity contribution in [2.75, 3.05) is 25.0 Å². The number of hydrogen-bond acceptors (Lipinski definition) is 5. The second-order valence-corrected chi connectivity index (χ2v) is 6.78. The molecule has 7 nitrogen and oxygen atoms in total. The highest BCUT2D eigenvalue weighted by Gasteiger charge is 2.28. The van der Waals surface area contributed by atoms with Crippen LogP contribution in [0.4, 0.5) is 5.69 Å². The maximum absolute atomic E-state index is 9.92. The first-order chi connectivity index (χ1) is 12.1. The zero-order valence-corrected chi connectivity index (χ0v) is 14.6. The molecule has 4 rings (SSSR count). The van der Waals surface area contributed by atoms with Crippen molar-refractivity contribution in [1.29, 1.82) is 0 Å². The molecule has 1 saturated heterocycles. The van der Waals surface area contributed by atoms with Gasteiger partial charge in [0.25, 0.3) is 0 Å². The van der Waals surface area contributed by atoms with Gasteiger partial charge in [0.15, 0.2) is 0 Å². The van der Waals surface area contributed by atoms with Gasteiger partial charge in [0.05, 0.1) is 11.6 Å². The van der Waals surface area contributed by atoms with Gasteiger partial charge in [0.2, 0.25) is 0 Å². The van der Waals surface area contributed by atoms with E-state index in [0.717, 1.165) is 48.1 Å². The molecule has 0 amide bonds. The number of H-pyrrole nitrogens is 2. The lowest BCUT2D eigenvalue weighted by Gasteiger charge is -2.39. The molecule has 3 aromatic heterocycles. The molecule has 130 valence electrons. The smallest absolute Gasteiger partial charge is 0.376 e. The normalized spacial score (nSPS) is 18.2. The van der Waals surface area contributed by atoms with Crippen LogP contribution in [0.15, 0.2) is 30.9 Å². The van der Waals surface area contributed by atoms with E-state index in [9.17, 15) is 5.02 Å².